The van der Waals surface area contributed by atoms with Crippen LogP contribution < -0.4 is 9.64 Å². The van der Waals surface area contributed by atoms with E-state index in [1.54, 1.807) is 0 Å². The number of carbonyl (C=O) groups is 2. The monoisotopic (exact) mass is 471 g/mol. The van der Waals surface area contributed by atoms with E-state index in [-0.39, 0.29) is 12.3 Å². The molecule has 0 fully saturated rings. The molecule has 0 aromatic heterocycles. The van der Waals surface area contributed by atoms with E-state index in [2.05, 4.69) is 38.1 Å². The smallest absolute Gasteiger partial charge is 0.303 e. The van der Waals surface area contributed by atoms with Gasteiger partial charge in [0.25, 0.3) is 0 Å². The Kier molecular flexibility index (Phi) is 7.86. The lowest BCUT2D eigenvalue weighted by Gasteiger charge is -2.31. The molecule has 1 heterocycles. The number of carboxylic acids is 1. The van der Waals surface area contributed by atoms with Crippen molar-refractivity contribution in [3.8, 4) is 16.9 Å². The maximum absolute atomic E-state index is 13.1. The molecule has 0 spiro atoms. The van der Waals surface area contributed by atoms with Crippen LogP contribution in [0.1, 0.15) is 47.9 Å². The van der Waals surface area contributed by atoms with E-state index >= 15 is 0 Å². The number of hydrogen-bond donors (Lipinski definition) is 1. The molecule has 1 aliphatic heterocycles. The number of rotatable bonds is 9. The lowest BCUT2D eigenvalue weighted by Crippen LogP contribution is -2.35. The minimum Gasteiger partial charge on any atom is -0.493 e. The third-order valence-electron chi connectivity index (χ3n) is 6.79. The molecule has 5 nitrogen and oxygen atoms in total. The Morgan fingerprint density at radius 3 is 2.51 bits per heavy atom. The number of carboxylic acid groups (broad SMARTS) is 1. The Hall–Kier alpha value is -3.60. The molecule has 0 saturated carbocycles. The summed E-state index contributed by atoms with van der Waals surface area (Å²) in [6, 6.07) is 20.3. The summed E-state index contributed by atoms with van der Waals surface area (Å²) in [6.07, 6.45) is 3.66. The van der Waals surface area contributed by atoms with Gasteiger partial charge < -0.3 is 14.7 Å². The van der Waals surface area contributed by atoms with Crippen LogP contribution in [0.25, 0.3) is 11.1 Å². The van der Waals surface area contributed by atoms with Crippen molar-refractivity contribution >= 4 is 17.6 Å². The summed E-state index contributed by atoms with van der Waals surface area (Å²) in [5, 5.41) is 8.91. The van der Waals surface area contributed by atoms with Crippen LogP contribution in [0, 0.1) is 13.8 Å². The lowest BCUT2D eigenvalue weighted by atomic mass is 9.91. The third kappa shape index (κ3) is 5.91. The molecular weight excluding hydrogens is 438 g/mol. The summed E-state index contributed by atoms with van der Waals surface area (Å²) < 4.78 is 5.94. The Bertz CT molecular complexity index is 1200. The lowest BCUT2D eigenvalue weighted by molar-refractivity contribution is -0.137. The van der Waals surface area contributed by atoms with Gasteiger partial charge in [0.1, 0.15) is 5.75 Å². The second kappa shape index (κ2) is 11.2. The van der Waals surface area contributed by atoms with Gasteiger partial charge in [-0.3, -0.25) is 9.59 Å². The SMILES string of the molecule is Cc1cccc(OCCCC(=O)N2CCCc3c(-c4ccc(CCC(=O)O)cc4)cccc32)c1C. The first-order valence-corrected chi connectivity index (χ1v) is 12.4. The molecule has 3 aromatic rings. The van der Waals surface area contributed by atoms with Gasteiger partial charge >= 0.3 is 5.97 Å². The van der Waals surface area contributed by atoms with E-state index in [9.17, 15) is 9.59 Å². The molecule has 1 amide bonds. The van der Waals surface area contributed by atoms with Gasteiger partial charge in [0.15, 0.2) is 0 Å². The average molecular weight is 472 g/mol. The van der Waals surface area contributed by atoms with Crippen LogP contribution >= 0.6 is 0 Å². The number of ether oxygens (including phenoxy) is 1. The van der Waals surface area contributed by atoms with Crippen LogP contribution in [0.4, 0.5) is 5.69 Å². The standard InChI is InChI=1S/C30H33NO4/c1-21-7-3-11-28(22(21)2)35-20-6-12-29(32)31-19-5-9-26-25(8-4-10-27(26)31)24-16-13-23(14-17-24)15-18-30(33)34/h3-4,7-8,10-11,13-14,16-17H,5-6,9,12,15,18-20H2,1-2H3,(H,33,34). The predicted octanol–water partition coefficient (Wildman–Crippen LogP) is 6.13. The molecular formula is C30H33NO4. The Balaban J connectivity index is 1.41. The number of aryl methyl sites for hydroxylation is 2. The number of hydrogen-bond acceptors (Lipinski definition) is 3. The highest BCUT2D eigenvalue weighted by molar-refractivity contribution is 5.96. The first kappa shape index (κ1) is 24.5. The largest absolute Gasteiger partial charge is 0.493 e. The van der Waals surface area contributed by atoms with E-state index in [0.717, 1.165) is 53.1 Å². The van der Waals surface area contributed by atoms with Crippen LogP contribution in [0.3, 0.4) is 0 Å². The molecule has 0 bridgehead atoms. The molecule has 0 atom stereocenters. The second-order valence-electron chi connectivity index (χ2n) is 9.19. The second-order valence-corrected chi connectivity index (χ2v) is 9.19. The molecule has 182 valence electrons. The highest BCUT2D eigenvalue weighted by atomic mass is 16.5. The molecule has 0 radical (unpaired) electrons. The fraction of sp³-hybridized carbons (Fsp3) is 0.333. The summed E-state index contributed by atoms with van der Waals surface area (Å²) in [6.45, 7) is 5.38. The van der Waals surface area contributed by atoms with Crippen molar-refractivity contribution in [3.63, 3.8) is 0 Å². The minimum absolute atomic E-state index is 0.132. The maximum atomic E-state index is 13.1. The molecule has 3 aromatic carbocycles. The number of anilines is 1. The molecule has 0 aliphatic carbocycles. The molecule has 0 saturated heterocycles. The number of aliphatic carboxylic acids is 1. The quantitative estimate of drug-likeness (QED) is 0.382. The Labute approximate surface area is 207 Å². The number of benzene rings is 3. The number of fused-ring (bicyclic) bond motifs is 1. The van der Waals surface area contributed by atoms with E-state index in [1.165, 1.54) is 11.1 Å². The van der Waals surface area contributed by atoms with Crippen LogP contribution in [0.15, 0.2) is 60.7 Å². The molecule has 35 heavy (non-hydrogen) atoms. The zero-order chi connectivity index (χ0) is 24.8. The Morgan fingerprint density at radius 1 is 0.971 bits per heavy atom. The summed E-state index contributed by atoms with van der Waals surface area (Å²) in [5.41, 5.74) is 7.81. The van der Waals surface area contributed by atoms with Crippen molar-refractivity contribution in [3.05, 3.63) is 82.9 Å². The van der Waals surface area contributed by atoms with Gasteiger partial charge in [0.05, 0.1) is 6.61 Å². The van der Waals surface area contributed by atoms with Gasteiger partial charge in [-0.1, -0.05) is 48.5 Å². The van der Waals surface area contributed by atoms with Crippen molar-refractivity contribution in [2.45, 2.75) is 52.4 Å². The van der Waals surface area contributed by atoms with Crippen LogP contribution in [-0.4, -0.2) is 30.1 Å². The maximum Gasteiger partial charge on any atom is 0.303 e. The van der Waals surface area contributed by atoms with Crippen molar-refractivity contribution in [2.24, 2.45) is 0 Å². The minimum atomic E-state index is -0.784. The Morgan fingerprint density at radius 2 is 1.74 bits per heavy atom. The molecule has 5 heteroatoms. The molecule has 1 aliphatic rings. The molecule has 0 unspecified atom stereocenters. The molecule has 1 N–H and O–H groups in total. The first-order chi connectivity index (χ1) is 16.9. The fourth-order valence-corrected chi connectivity index (χ4v) is 4.68. The summed E-state index contributed by atoms with van der Waals surface area (Å²) >= 11 is 0. The van der Waals surface area contributed by atoms with Gasteiger partial charge in [0.2, 0.25) is 5.91 Å². The van der Waals surface area contributed by atoms with E-state index < -0.39 is 5.97 Å². The van der Waals surface area contributed by atoms with Crippen molar-refractivity contribution in [2.75, 3.05) is 18.1 Å². The van der Waals surface area contributed by atoms with Gasteiger partial charge in [0, 0.05) is 25.1 Å². The third-order valence-corrected chi connectivity index (χ3v) is 6.79. The average Bonchev–Trinajstić information content (AvgIpc) is 2.87. The fourth-order valence-electron chi connectivity index (χ4n) is 4.68. The normalized spacial score (nSPS) is 12.8. The van der Waals surface area contributed by atoms with Gasteiger partial charge in [-0.15, -0.1) is 0 Å². The van der Waals surface area contributed by atoms with E-state index in [1.807, 2.05) is 41.3 Å². The predicted molar refractivity (Wildman–Crippen MR) is 139 cm³/mol. The van der Waals surface area contributed by atoms with Crippen LogP contribution in [0.2, 0.25) is 0 Å². The van der Waals surface area contributed by atoms with E-state index in [0.29, 0.717) is 25.9 Å². The highest BCUT2D eigenvalue weighted by Crippen LogP contribution is 2.36. The van der Waals surface area contributed by atoms with Crippen molar-refractivity contribution in [1.82, 2.24) is 0 Å². The van der Waals surface area contributed by atoms with Crippen LogP contribution in [-0.2, 0) is 22.4 Å². The summed E-state index contributed by atoms with van der Waals surface area (Å²) in [5.74, 6) is 0.240. The summed E-state index contributed by atoms with van der Waals surface area (Å²) in [7, 11) is 0. The van der Waals surface area contributed by atoms with Gasteiger partial charge in [-0.05, 0) is 85.0 Å². The topological polar surface area (TPSA) is 66.8 Å². The zero-order valence-electron chi connectivity index (χ0n) is 20.5. The van der Waals surface area contributed by atoms with Crippen molar-refractivity contribution < 1.29 is 19.4 Å². The van der Waals surface area contributed by atoms with Crippen molar-refractivity contribution in [1.29, 1.82) is 0 Å². The first-order valence-electron chi connectivity index (χ1n) is 12.4. The van der Waals surface area contributed by atoms with Gasteiger partial charge in [-0.25, -0.2) is 0 Å². The number of nitrogens with zero attached hydrogens (tertiary/aromatic N) is 1. The molecule has 4 rings (SSSR count). The number of carbonyl (C=O) groups excluding carboxylic acids is 1. The van der Waals surface area contributed by atoms with Crippen LogP contribution in [0.5, 0.6) is 5.75 Å². The number of amides is 1. The highest BCUT2D eigenvalue weighted by Gasteiger charge is 2.24. The van der Waals surface area contributed by atoms with Gasteiger partial charge in [-0.2, -0.15) is 0 Å². The van der Waals surface area contributed by atoms with E-state index in [4.69, 9.17) is 9.84 Å². The summed E-state index contributed by atoms with van der Waals surface area (Å²) in [4.78, 5) is 25.9. The zero-order valence-corrected chi connectivity index (χ0v) is 20.5.